The van der Waals surface area contributed by atoms with Gasteiger partial charge in [0.1, 0.15) is 5.82 Å². The van der Waals surface area contributed by atoms with E-state index in [1.165, 1.54) is 5.57 Å². The van der Waals surface area contributed by atoms with Gasteiger partial charge in [-0.3, -0.25) is 0 Å². The molecule has 2 heterocycles. The fourth-order valence-corrected chi connectivity index (χ4v) is 3.74. The summed E-state index contributed by atoms with van der Waals surface area (Å²) in [5, 5.41) is 7.02. The lowest BCUT2D eigenvalue weighted by atomic mass is 9.99. The van der Waals surface area contributed by atoms with E-state index in [0.717, 1.165) is 65.4 Å². The largest absolute Gasteiger partial charge is 0.367 e. The molecule has 0 aromatic carbocycles. The first-order valence-corrected chi connectivity index (χ1v) is 11.7. The van der Waals surface area contributed by atoms with Crippen molar-refractivity contribution in [1.29, 1.82) is 0 Å². The molecule has 0 amide bonds. The number of aromatic nitrogens is 1. The Morgan fingerprint density at radius 2 is 1.79 bits per heavy atom. The van der Waals surface area contributed by atoms with E-state index in [-0.39, 0.29) is 0 Å². The van der Waals surface area contributed by atoms with Gasteiger partial charge in [0, 0.05) is 29.2 Å². The average Bonchev–Trinajstić information content (AvgIpc) is 2.82. The number of likely N-dealkylation sites (tertiary alicyclic amines) is 1. The predicted molar refractivity (Wildman–Crippen MR) is 145 cm³/mol. The molecule has 2 N–H and O–H groups in total. The van der Waals surface area contributed by atoms with Gasteiger partial charge in [0.15, 0.2) is 0 Å². The van der Waals surface area contributed by atoms with E-state index in [9.17, 15) is 0 Å². The molecule has 0 saturated carbocycles. The SMILES string of the molecule is C=CC(=C)C(=C\C(=C/C)C(\C)=C\C)/C=C(\C)NC(=C)c1ccnc(NC2CCN(C)CC2)c1. The lowest BCUT2D eigenvalue weighted by molar-refractivity contribution is 0.263. The summed E-state index contributed by atoms with van der Waals surface area (Å²) >= 11 is 0. The molecule has 1 aromatic heterocycles. The second-order valence-electron chi connectivity index (χ2n) is 8.63. The van der Waals surface area contributed by atoms with Gasteiger partial charge in [-0.25, -0.2) is 4.98 Å². The van der Waals surface area contributed by atoms with Gasteiger partial charge >= 0.3 is 0 Å². The molecule has 0 radical (unpaired) electrons. The van der Waals surface area contributed by atoms with Crippen LogP contribution in [0.2, 0.25) is 0 Å². The lowest BCUT2D eigenvalue weighted by Gasteiger charge is -2.29. The van der Waals surface area contributed by atoms with Crippen LogP contribution in [0.3, 0.4) is 0 Å². The van der Waals surface area contributed by atoms with Crippen LogP contribution in [0, 0.1) is 0 Å². The third kappa shape index (κ3) is 8.07. The Bertz CT molecular complexity index is 983. The maximum absolute atomic E-state index is 4.51. The molecule has 1 aliphatic heterocycles. The van der Waals surface area contributed by atoms with Crippen LogP contribution >= 0.6 is 0 Å². The first-order valence-electron chi connectivity index (χ1n) is 11.7. The molecule has 0 spiro atoms. The summed E-state index contributed by atoms with van der Waals surface area (Å²) in [6.45, 7) is 22.8. The van der Waals surface area contributed by atoms with Crippen LogP contribution in [0.5, 0.6) is 0 Å². The first kappa shape index (κ1) is 26.1. The van der Waals surface area contributed by atoms with E-state index in [4.69, 9.17) is 0 Å². The number of nitrogens with zero attached hydrogens (tertiary/aromatic N) is 2. The molecular weight excluding hydrogens is 404 g/mol. The third-order valence-corrected chi connectivity index (χ3v) is 6.03. The molecule has 33 heavy (non-hydrogen) atoms. The third-order valence-electron chi connectivity index (χ3n) is 6.03. The van der Waals surface area contributed by atoms with Crippen LogP contribution in [-0.4, -0.2) is 36.1 Å². The molecular formula is C29H40N4. The normalized spacial score (nSPS) is 17.0. The van der Waals surface area contributed by atoms with Crippen LogP contribution < -0.4 is 10.6 Å². The summed E-state index contributed by atoms with van der Waals surface area (Å²) in [5.74, 6) is 0.895. The number of anilines is 1. The smallest absolute Gasteiger partial charge is 0.126 e. The molecule has 176 valence electrons. The van der Waals surface area contributed by atoms with Crippen LogP contribution in [0.4, 0.5) is 5.82 Å². The van der Waals surface area contributed by atoms with Crippen LogP contribution in [0.25, 0.3) is 5.70 Å². The Morgan fingerprint density at radius 1 is 1.09 bits per heavy atom. The minimum Gasteiger partial charge on any atom is -0.367 e. The molecule has 0 bridgehead atoms. The van der Waals surface area contributed by atoms with Crippen LogP contribution in [-0.2, 0) is 0 Å². The number of hydrogen-bond acceptors (Lipinski definition) is 4. The minimum atomic E-state index is 0.464. The fourth-order valence-electron chi connectivity index (χ4n) is 3.74. The van der Waals surface area contributed by atoms with Crippen molar-refractivity contribution in [3.05, 3.63) is 102 Å². The topological polar surface area (TPSA) is 40.2 Å². The lowest BCUT2D eigenvalue weighted by Crippen LogP contribution is -2.36. The highest BCUT2D eigenvalue weighted by atomic mass is 15.1. The van der Waals surface area contributed by atoms with E-state index < -0.39 is 0 Å². The Kier molecular flexibility index (Phi) is 10.1. The highest BCUT2D eigenvalue weighted by Gasteiger charge is 2.16. The number of rotatable bonds is 10. The molecule has 0 unspecified atom stereocenters. The van der Waals surface area contributed by atoms with Gasteiger partial charge in [0.2, 0.25) is 0 Å². The molecule has 0 aliphatic carbocycles. The van der Waals surface area contributed by atoms with E-state index in [0.29, 0.717) is 6.04 Å². The van der Waals surface area contributed by atoms with Gasteiger partial charge in [-0.2, -0.15) is 0 Å². The monoisotopic (exact) mass is 444 g/mol. The van der Waals surface area contributed by atoms with Crippen molar-refractivity contribution < 1.29 is 0 Å². The predicted octanol–water partition coefficient (Wildman–Crippen LogP) is 6.63. The van der Waals surface area contributed by atoms with E-state index in [1.807, 2.05) is 33.0 Å². The van der Waals surface area contributed by atoms with Gasteiger partial charge in [0.25, 0.3) is 0 Å². The van der Waals surface area contributed by atoms with E-state index in [2.05, 4.69) is 84.6 Å². The Hall–Kier alpha value is -3.11. The summed E-state index contributed by atoms with van der Waals surface area (Å²) in [6, 6.07) is 4.51. The fraction of sp³-hybridized carbons (Fsp3) is 0.345. The number of nitrogens with one attached hydrogen (secondary N) is 2. The molecule has 1 aromatic rings. The summed E-state index contributed by atoms with van der Waals surface area (Å²) in [7, 11) is 2.17. The average molecular weight is 445 g/mol. The number of allylic oxidation sites excluding steroid dienone is 10. The zero-order valence-corrected chi connectivity index (χ0v) is 21.0. The van der Waals surface area contributed by atoms with Crippen LogP contribution in [0.1, 0.15) is 46.1 Å². The summed E-state index contributed by atoms with van der Waals surface area (Å²) in [5.41, 5.74) is 7.09. The highest BCUT2D eigenvalue weighted by molar-refractivity contribution is 5.66. The molecule has 1 aliphatic rings. The summed E-state index contributed by atoms with van der Waals surface area (Å²) < 4.78 is 0. The molecule has 4 nitrogen and oxygen atoms in total. The van der Waals surface area contributed by atoms with E-state index >= 15 is 0 Å². The molecule has 4 heteroatoms. The van der Waals surface area contributed by atoms with Gasteiger partial charge in [-0.1, -0.05) is 38.0 Å². The van der Waals surface area contributed by atoms with Gasteiger partial charge in [-0.05, 0) is 107 Å². The second-order valence-corrected chi connectivity index (χ2v) is 8.63. The van der Waals surface area contributed by atoms with Crippen molar-refractivity contribution in [3.63, 3.8) is 0 Å². The highest BCUT2D eigenvalue weighted by Crippen LogP contribution is 2.21. The Balaban J connectivity index is 2.15. The first-order chi connectivity index (χ1) is 15.8. The second kappa shape index (κ2) is 12.8. The van der Waals surface area contributed by atoms with Gasteiger partial charge < -0.3 is 15.5 Å². The Labute approximate surface area is 200 Å². The number of piperidine rings is 1. The van der Waals surface area contributed by atoms with Crippen molar-refractivity contribution in [1.82, 2.24) is 15.2 Å². The minimum absolute atomic E-state index is 0.464. The maximum atomic E-state index is 4.51. The Morgan fingerprint density at radius 3 is 2.39 bits per heavy atom. The van der Waals surface area contributed by atoms with Crippen molar-refractivity contribution >= 4 is 11.5 Å². The summed E-state index contributed by atoms with van der Waals surface area (Å²) in [6.07, 6.45) is 14.3. The van der Waals surface area contributed by atoms with Crippen molar-refractivity contribution in [3.8, 4) is 0 Å². The zero-order valence-electron chi connectivity index (χ0n) is 21.0. The number of hydrogen-bond donors (Lipinski definition) is 2. The van der Waals surface area contributed by atoms with Crippen molar-refractivity contribution in [2.75, 3.05) is 25.5 Å². The molecule has 1 saturated heterocycles. The van der Waals surface area contributed by atoms with Crippen molar-refractivity contribution in [2.45, 2.75) is 46.6 Å². The molecule has 0 atom stereocenters. The molecule has 2 rings (SSSR count). The van der Waals surface area contributed by atoms with E-state index in [1.54, 1.807) is 6.08 Å². The van der Waals surface area contributed by atoms with Gasteiger partial charge in [0.05, 0.1) is 0 Å². The van der Waals surface area contributed by atoms with Crippen LogP contribution in [0.15, 0.2) is 96.4 Å². The maximum Gasteiger partial charge on any atom is 0.126 e. The number of pyridine rings is 1. The zero-order chi connectivity index (χ0) is 24.4. The van der Waals surface area contributed by atoms with Crippen molar-refractivity contribution in [2.24, 2.45) is 0 Å². The quantitative estimate of drug-likeness (QED) is 0.397. The molecule has 1 fully saturated rings. The summed E-state index contributed by atoms with van der Waals surface area (Å²) in [4.78, 5) is 6.88. The van der Waals surface area contributed by atoms with Gasteiger partial charge in [-0.15, -0.1) is 0 Å². The standard InChI is InChI=1S/C29H40N4/c1-9-21(4)25(11-3)19-27(22(5)10-2)18-23(6)31-24(7)26-12-15-30-29(20-26)32-28-13-16-33(8)17-14-28/h9-12,15,18-20,28,31H,2,5,7,13-14,16-17H2,1,3-4,6,8H3,(H,30,32)/b21-9+,23-18+,25-11+,27-19-.